The van der Waals surface area contributed by atoms with Crippen molar-refractivity contribution in [1.29, 1.82) is 0 Å². The normalized spacial score (nSPS) is 19.4. The molecular formula is C14H20ClN3O. The lowest BCUT2D eigenvalue weighted by Crippen LogP contribution is -2.34. The largest absolute Gasteiger partial charge is 0.338 e. The molecule has 2 rings (SSSR count). The molecule has 0 saturated carbocycles. The standard InChI is InChI=1S/C14H20ClN3O/c1-2-18-8-7-11(10-18)9-16-14(19)17-13-5-3-12(15)4-6-13/h3-6,11H,2,7-10H2,1H3,(H2,16,17,19)/t11-/m0/s1. The first-order valence-electron chi connectivity index (χ1n) is 6.70. The van der Waals surface area contributed by atoms with Gasteiger partial charge >= 0.3 is 6.03 Å². The Labute approximate surface area is 119 Å². The first-order valence-corrected chi connectivity index (χ1v) is 7.08. The molecule has 5 heteroatoms. The van der Waals surface area contributed by atoms with Crippen LogP contribution in [-0.2, 0) is 0 Å². The van der Waals surface area contributed by atoms with Crippen LogP contribution >= 0.6 is 11.6 Å². The van der Waals surface area contributed by atoms with Crippen molar-refractivity contribution >= 4 is 23.3 Å². The molecule has 1 aromatic carbocycles. The molecule has 0 aromatic heterocycles. The van der Waals surface area contributed by atoms with E-state index in [0.29, 0.717) is 10.9 Å². The third-order valence-corrected chi connectivity index (χ3v) is 3.72. The van der Waals surface area contributed by atoms with E-state index in [4.69, 9.17) is 11.6 Å². The number of hydrogen-bond acceptors (Lipinski definition) is 2. The Bertz CT molecular complexity index is 421. The van der Waals surface area contributed by atoms with Crippen molar-refractivity contribution in [3.63, 3.8) is 0 Å². The number of carbonyl (C=O) groups is 1. The molecule has 2 amide bonds. The number of nitrogens with one attached hydrogen (secondary N) is 2. The molecule has 2 N–H and O–H groups in total. The number of urea groups is 1. The van der Waals surface area contributed by atoms with Gasteiger partial charge in [-0.25, -0.2) is 4.79 Å². The summed E-state index contributed by atoms with van der Waals surface area (Å²) in [5.41, 5.74) is 0.753. The molecule has 104 valence electrons. The molecule has 0 unspecified atom stereocenters. The highest BCUT2D eigenvalue weighted by molar-refractivity contribution is 6.30. The quantitative estimate of drug-likeness (QED) is 0.891. The number of halogens is 1. The maximum atomic E-state index is 11.7. The minimum absolute atomic E-state index is 0.155. The lowest BCUT2D eigenvalue weighted by Gasteiger charge is -2.14. The van der Waals surface area contributed by atoms with Crippen molar-refractivity contribution in [2.45, 2.75) is 13.3 Å². The number of hydrogen-bond donors (Lipinski definition) is 2. The summed E-state index contributed by atoms with van der Waals surface area (Å²) in [6.45, 7) is 6.21. The monoisotopic (exact) mass is 281 g/mol. The van der Waals surface area contributed by atoms with Gasteiger partial charge in [-0.15, -0.1) is 0 Å². The predicted octanol–water partition coefficient (Wildman–Crippen LogP) is 2.80. The summed E-state index contributed by atoms with van der Waals surface area (Å²) in [4.78, 5) is 14.1. The van der Waals surface area contributed by atoms with Crippen molar-refractivity contribution in [2.75, 3.05) is 31.5 Å². The first-order chi connectivity index (χ1) is 9.17. The highest BCUT2D eigenvalue weighted by Crippen LogP contribution is 2.15. The second-order valence-corrected chi connectivity index (χ2v) is 5.33. The fourth-order valence-corrected chi connectivity index (χ4v) is 2.44. The maximum absolute atomic E-state index is 11.7. The molecule has 1 saturated heterocycles. The summed E-state index contributed by atoms with van der Waals surface area (Å²) in [6, 6.07) is 6.94. The second-order valence-electron chi connectivity index (χ2n) is 4.89. The third-order valence-electron chi connectivity index (χ3n) is 3.47. The van der Waals surface area contributed by atoms with Crippen molar-refractivity contribution in [3.8, 4) is 0 Å². The van der Waals surface area contributed by atoms with Crippen molar-refractivity contribution in [3.05, 3.63) is 29.3 Å². The van der Waals surface area contributed by atoms with Crippen LogP contribution in [-0.4, -0.2) is 37.1 Å². The van der Waals surface area contributed by atoms with E-state index in [2.05, 4.69) is 22.5 Å². The molecule has 1 heterocycles. The molecule has 1 fully saturated rings. The number of amides is 2. The van der Waals surface area contributed by atoms with Crippen LogP contribution in [0.5, 0.6) is 0 Å². The van der Waals surface area contributed by atoms with Gasteiger partial charge in [0.05, 0.1) is 0 Å². The molecule has 4 nitrogen and oxygen atoms in total. The average Bonchev–Trinajstić information content (AvgIpc) is 2.87. The molecule has 0 spiro atoms. The lowest BCUT2D eigenvalue weighted by atomic mass is 10.1. The van der Waals surface area contributed by atoms with E-state index in [1.54, 1.807) is 24.3 Å². The van der Waals surface area contributed by atoms with Gasteiger partial charge in [0.2, 0.25) is 0 Å². The van der Waals surface area contributed by atoms with Gasteiger partial charge in [-0.05, 0) is 49.7 Å². The van der Waals surface area contributed by atoms with E-state index in [-0.39, 0.29) is 6.03 Å². The van der Waals surface area contributed by atoms with Crippen LogP contribution in [0.15, 0.2) is 24.3 Å². The Morgan fingerprint density at radius 1 is 1.42 bits per heavy atom. The van der Waals surface area contributed by atoms with Gasteiger partial charge in [-0.2, -0.15) is 0 Å². The van der Waals surface area contributed by atoms with Crippen LogP contribution in [0, 0.1) is 5.92 Å². The molecule has 1 atom stereocenters. The van der Waals surface area contributed by atoms with E-state index in [1.165, 1.54) is 0 Å². The Morgan fingerprint density at radius 3 is 2.79 bits per heavy atom. The highest BCUT2D eigenvalue weighted by Gasteiger charge is 2.21. The molecular weight excluding hydrogens is 262 g/mol. The van der Waals surface area contributed by atoms with Crippen molar-refractivity contribution < 1.29 is 4.79 Å². The molecule has 0 aliphatic carbocycles. The Morgan fingerprint density at radius 2 is 2.16 bits per heavy atom. The van der Waals surface area contributed by atoms with E-state index >= 15 is 0 Å². The number of nitrogens with zero attached hydrogens (tertiary/aromatic N) is 1. The number of anilines is 1. The van der Waals surface area contributed by atoms with Crippen LogP contribution in [0.25, 0.3) is 0 Å². The van der Waals surface area contributed by atoms with Crippen LogP contribution in [0.4, 0.5) is 10.5 Å². The van der Waals surface area contributed by atoms with E-state index in [0.717, 1.165) is 38.3 Å². The SMILES string of the molecule is CCN1CC[C@@H](CNC(=O)Nc2ccc(Cl)cc2)C1. The zero-order valence-corrected chi connectivity index (χ0v) is 11.9. The third kappa shape index (κ3) is 4.40. The maximum Gasteiger partial charge on any atom is 0.319 e. The van der Waals surface area contributed by atoms with Gasteiger partial charge < -0.3 is 15.5 Å². The van der Waals surface area contributed by atoms with Crippen molar-refractivity contribution in [2.24, 2.45) is 5.92 Å². The summed E-state index contributed by atoms with van der Waals surface area (Å²) in [5.74, 6) is 0.566. The fraction of sp³-hybridized carbons (Fsp3) is 0.500. The number of benzene rings is 1. The molecule has 0 radical (unpaired) electrons. The van der Waals surface area contributed by atoms with E-state index in [9.17, 15) is 4.79 Å². The summed E-state index contributed by atoms with van der Waals surface area (Å²) >= 11 is 5.79. The average molecular weight is 282 g/mol. The number of likely N-dealkylation sites (tertiary alicyclic amines) is 1. The molecule has 1 aliphatic rings. The van der Waals surface area contributed by atoms with Gasteiger partial charge in [0, 0.05) is 23.8 Å². The van der Waals surface area contributed by atoms with E-state index < -0.39 is 0 Å². The lowest BCUT2D eigenvalue weighted by molar-refractivity contribution is 0.250. The number of rotatable bonds is 4. The van der Waals surface area contributed by atoms with Crippen LogP contribution < -0.4 is 10.6 Å². The highest BCUT2D eigenvalue weighted by atomic mass is 35.5. The van der Waals surface area contributed by atoms with E-state index in [1.807, 2.05) is 0 Å². The summed E-state index contributed by atoms with van der Waals surface area (Å²) in [5, 5.41) is 6.38. The van der Waals surface area contributed by atoms with Crippen molar-refractivity contribution in [1.82, 2.24) is 10.2 Å². The van der Waals surface area contributed by atoms with Crippen LogP contribution in [0.1, 0.15) is 13.3 Å². The van der Waals surface area contributed by atoms with Gasteiger partial charge in [-0.1, -0.05) is 18.5 Å². The molecule has 1 aliphatic heterocycles. The summed E-state index contributed by atoms with van der Waals surface area (Å²) in [6.07, 6.45) is 1.16. The zero-order chi connectivity index (χ0) is 13.7. The second kappa shape index (κ2) is 6.78. The predicted molar refractivity (Wildman–Crippen MR) is 78.7 cm³/mol. The molecule has 19 heavy (non-hydrogen) atoms. The summed E-state index contributed by atoms with van der Waals surface area (Å²) < 4.78 is 0. The van der Waals surface area contributed by atoms with Gasteiger partial charge in [0.15, 0.2) is 0 Å². The molecule has 0 bridgehead atoms. The van der Waals surface area contributed by atoms with Gasteiger partial charge in [0.25, 0.3) is 0 Å². The summed E-state index contributed by atoms with van der Waals surface area (Å²) in [7, 11) is 0. The van der Waals surface area contributed by atoms with Gasteiger partial charge in [0.1, 0.15) is 0 Å². The fourth-order valence-electron chi connectivity index (χ4n) is 2.31. The molecule has 1 aromatic rings. The number of carbonyl (C=O) groups excluding carboxylic acids is 1. The Balaban J connectivity index is 1.71. The topological polar surface area (TPSA) is 44.4 Å². The zero-order valence-electron chi connectivity index (χ0n) is 11.2. The Kier molecular flexibility index (Phi) is 5.05. The smallest absolute Gasteiger partial charge is 0.319 e. The first kappa shape index (κ1) is 14.2. The Hall–Kier alpha value is -1.26. The minimum atomic E-state index is -0.155. The van der Waals surface area contributed by atoms with Crippen LogP contribution in [0.2, 0.25) is 5.02 Å². The van der Waals surface area contributed by atoms with Gasteiger partial charge in [-0.3, -0.25) is 0 Å². The van der Waals surface area contributed by atoms with Crippen LogP contribution in [0.3, 0.4) is 0 Å². The minimum Gasteiger partial charge on any atom is -0.338 e.